The van der Waals surface area contributed by atoms with E-state index in [4.69, 9.17) is 4.74 Å². The maximum Gasteiger partial charge on any atom is 0.276 e. The van der Waals surface area contributed by atoms with Gasteiger partial charge in [-0.25, -0.2) is 5.01 Å². The molecule has 0 saturated heterocycles. The van der Waals surface area contributed by atoms with E-state index in [0.29, 0.717) is 11.3 Å². The molecular weight excluding hydrogens is 306 g/mol. The average Bonchev–Trinajstić information content (AvgIpc) is 2.57. The van der Waals surface area contributed by atoms with Crippen LogP contribution in [0.15, 0.2) is 48.5 Å². The SMILES string of the molecule is Cc1cccc(OCC(=O)NN2C(=O)c3ccccc3NC2C)c1. The Morgan fingerprint density at radius 3 is 2.83 bits per heavy atom. The summed E-state index contributed by atoms with van der Waals surface area (Å²) >= 11 is 0. The molecule has 6 heteroatoms. The van der Waals surface area contributed by atoms with E-state index in [9.17, 15) is 9.59 Å². The molecule has 0 radical (unpaired) electrons. The second-order valence-electron chi connectivity index (χ2n) is 5.68. The summed E-state index contributed by atoms with van der Waals surface area (Å²) in [6.45, 7) is 3.58. The second-order valence-corrected chi connectivity index (χ2v) is 5.68. The number of anilines is 1. The quantitative estimate of drug-likeness (QED) is 0.905. The Morgan fingerprint density at radius 1 is 1.25 bits per heavy atom. The van der Waals surface area contributed by atoms with Crippen molar-refractivity contribution in [2.45, 2.75) is 20.0 Å². The van der Waals surface area contributed by atoms with Gasteiger partial charge in [-0.15, -0.1) is 0 Å². The molecule has 6 nitrogen and oxygen atoms in total. The molecule has 2 N–H and O–H groups in total. The summed E-state index contributed by atoms with van der Waals surface area (Å²) in [6, 6.07) is 14.6. The van der Waals surface area contributed by atoms with Crippen LogP contribution >= 0.6 is 0 Å². The number of hydrazine groups is 1. The third-order valence-electron chi connectivity index (χ3n) is 3.73. The minimum Gasteiger partial charge on any atom is -0.484 e. The average molecular weight is 325 g/mol. The van der Waals surface area contributed by atoms with Gasteiger partial charge in [-0.2, -0.15) is 0 Å². The summed E-state index contributed by atoms with van der Waals surface area (Å²) < 4.78 is 5.46. The number of carbonyl (C=O) groups is 2. The van der Waals surface area contributed by atoms with E-state index < -0.39 is 5.91 Å². The molecule has 124 valence electrons. The summed E-state index contributed by atoms with van der Waals surface area (Å²) in [5, 5.41) is 4.46. The number of hydrogen-bond donors (Lipinski definition) is 2. The minimum absolute atomic E-state index is 0.165. The first-order valence-corrected chi connectivity index (χ1v) is 7.72. The van der Waals surface area contributed by atoms with Gasteiger partial charge in [0.2, 0.25) is 0 Å². The van der Waals surface area contributed by atoms with E-state index in [1.165, 1.54) is 5.01 Å². The van der Waals surface area contributed by atoms with Crippen molar-refractivity contribution in [3.8, 4) is 5.75 Å². The summed E-state index contributed by atoms with van der Waals surface area (Å²) in [5.74, 6) is -0.0229. The number of amides is 2. The first-order chi connectivity index (χ1) is 11.5. The number of fused-ring (bicyclic) bond motifs is 1. The summed E-state index contributed by atoms with van der Waals surface area (Å²) in [4.78, 5) is 24.6. The molecule has 0 fully saturated rings. The van der Waals surface area contributed by atoms with E-state index in [2.05, 4.69) is 10.7 Å². The van der Waals surface area contributed by atoms with Crippen molar-refractivity contribution in [1.82, 2.24) is 10.4 Å². The number of carbonyl (C=O) groups excluding carboxylic acids is 2. The van der Waals surface area contributed by atoms with Gasteiger partial charge in [-0.1, -0.05) is 24.3 Å². The molecule has 3 rings (SSSR count). The Balaban J connectivity index is 1.63. The van der Waals surface area contributed by atoms with Crippen molar-refractivity contribution >= 4 is 17.5 Å². The van der Waals surface area contributed by atoms with Crippen molar-refractivity contribution < 1.29 is 14.3 Å². The lowest BCUT2D eigenvalue weighted by Gasteiger charge is -2.35. The normalized spacial score (nSPS) is 16.2. The first-order valence-electron chi connectivity index (χ1n) is 7.72. The number of para-hydroxylation sites is 1. The predicted molar refractivity (Wildman–Crippen MR) is 90.5 cm³/mol. The van der Waals surface area contributed by atoms with Crippen LogP contribution in [0.5, 0.6) is 5.75 Å². The van der Waals surface area contributed by atoms with Crippen molar-refractivity contribution in [1.29, 1.82) is 0 Å². The summed E-state index contributed by atoms with van der Waals surface area (Å²) in [6.07, 6.45) is -0.352. The molecule has 0 bridgehead atoms. The van der Waals surface area contributed by atoms with E-state index in [-0.39, 0.29) is 18.7 Å². The van der Waals surface area contributed by atoms with Crippen LogP contribution in [0.25, 0.3) is 0 Å². The third kappa shape index (κ3) is 3.32. The molecule has 2 aromatic carbocycles. The topological polar surface area (TPSA) is 70.7 Å². The van der Waals surface area contributed by atoms with Crippen LogP contribution in [0.4, 0.5) is 5.69 Å². The zero-order valence-electron chi connectivity index (χ0n) is 13.6. The maximum absolute atomic E-state index is 12.5. The fraction of sp³-hybridized carbons (Fsp3) is 0.222. The highest BCUT2D eigenvalue weighted by Crippen LogP contribution is 2.23. The zero-order valence-corrected chi connectivity index (χ0v) is 13.6. The zero-order chi connectivity index (χ0) is 17.1. The lowest BCUT2D eigenvalue weighted by atomic mass is 10.1. The van der Waals surface area contributed by atoms with Crippen molar-refractivity contribution in [3.05, 3.63) is 59.7 Å². The molecule has 1 aliphatic heterocycles. The van der Waals surface area contributed by atoms with Crippen LogP contribution in [-0.2, 0) is 4.79 Å². The molecule has 1 heterocycles. The van der Waals surface area contributed by atoms with Crippen molar-refractivity contribution in [3.63, 3.8) is 0 Å². The number of nitrogens with zero attached hydrogens (tertiary/aromatic N) is 1. The van der Waals surface area contributed by atoms with Crippen LogP contribution < -0.4 is 15.5 Å². The fourth-order valence-corrected chi connectivity index (χ4v) is 2.56. The van der Waals surface area contributed by atoms with Gasteiger partial charge in [-0.05, 0) is 43.7 Å². The highest BCUT2D eigenvalue weighted by atomic mass is 16.5. The van der Waals surface area contributed by atoms with E-state index >= 15 is 0 Å². The number of hydrogen-bond acceptors (Lipinski definition) is 4. The summed E-state index contributed by atoms with van der Waals surface area (Å²) in [7, 11) is 0. The summed E-state index contributed by atoms with van der Waals surface area (Å²) in [5.41, 5.74) is 4.94. The lowest BCUT2D eigenvalue weighted by Crippen LogP contribution is -2.56. The number of rotatable bonds is 4. The van der Waals surface area contributed by atoms with E-state index in [0.717, 1.165) is 11.3 Å². The van der Waals surface area contributed by atoms with E-state index in [1.54, 1.807) is 25.1 Å². The van der Waals surface area contributed by atoms with Crippen LogP contribution in [0.2, 0.25) is 0 Å². The monoisotopic (exact) mass is 325 g/mol. The molecule has 2 amide bonds. The Hall–Kier alpha value is -3.02. The molecule has 1 unspecified atom stereocenters. The van der Waals surface area contributed by atoms with Gasteiger partial charge >= 0.3 is 0 Å². The molecule has 0 aliphatic carbocycles. The van der Waals surface area contributed by atoms with Gasteiger partial charge in [0, 0.05) is 5.69 Å². The molecule has 0 saturated carbocycles. The van der Waals surface area contributed by atoms with Gasteiger partial charge in [0.15, 0.2) is 6.61 Å². The van der Waals surface area contributed by atoms with E-state index in [1.807, 2.05) is 37.3 Å². The third-order valence-corrected chi connectivity index (χ3v) is 3.73. The van der Waals surface area contributed by atoms with Gasteiger partial charge < -0.3 is 10.1 Å². The minimum atomic E-state index is -0.391. The first kappa shape index (κ1) is 15.9. The number of nitrogens with one attached hydrogen (secondary N) is 2. The Bertz CT molecular complexity index is 776. The smallest absolute Gasteiger partial charge is 0.276 e. The number of aryl methyl sites for hydroxylation is 1. The molecule has 2 aromatic rings. The molecule has 0 spiro atoms. The predicted octanol–water partition coefficient (Wildman–Crippen LogP) is 2.32. The maximum atomic E-state index is 12.5. The molecular formula is C18H19N3O3. The fourth-order valence-electron chi connectivity index (χ4n) is 2.56. The highest BCUT2D eigenvalue weighted by Gasteiger charge is 2.30. The van der Waals surface area contributed by atoms with Gasteiger partial charge in [0.25, 0.3) is 11.8 Å². The van der Waals surface area contributed by atoms with Crippen LogP contribution in [0.1, 0.15) is 22.8 Å². The highest BCUT2D eigenvalue weighted by molar-refractivity contribution is 6.02. The molecule has 1 atom stereocenters. The van der Waals surface area contributed by atoms with Crippen molar-refractivity contribution in [2.75, 3.05) is 11.9 Å². The van der Waals surface area contributed by atoms with Crippen LogP contribution in [0.3, 0.4) is 0 Å². The number of benzene rings is 2. The standard InChI is InChI=1S/C18H19N3O3/c1-12-6-5-7-14(10-12)24-11-17(22)20-21-13(2)19-16-9-4-3-8-15(16)18(21)23/h3-10,13,19H,11H2,1-2H3,(H,20,22). The second kappa shape index (κ2) is 6.62. The Labute approximate surface area is 140 Å². The van der Waals surface area contributed by atoms with Crippen LogP contribution in [-0.4, -0.2) is 29.6 Å². The lowest BCUT2D eigenvalue weighted by molar-refractivity contribution is -0.127. The Kier molecular flexibility index (Phi) is 4.37. The largest absolute Gasteiger partial charge is 0.484 e. The number of ether oxygens (including phenoxy) is 1. The van der Waals surface area contributed by atoms with Gasteiger partial charge in [0.05, 0.1) is 5.56 Å². The van der Waals surface area contributed by atoms with Gasteiger partial charge in [-0.3, -0.25) is 15.0 Å². The molecule has 0 aromatic heterocycles. The van der Waals surface area contributed by atoms with Crippen LogP contribution in [0, 0.1) is 6.92 Å². The molecule has 1 aliphatic rings. The van der Waals surface area contributed by atoms with Gasteiger partial charge in [0.1, 0.15) is 11.9 Å². The molecule has 24 heavy (non-hydrogen) atoms. The van der Waals surface area contributed by atoms with Crippen molar-refractivity contribution in [2.24, 2.45) is 0 Å². The Morgan fingerprint density at radius 2 is 2.04 bits per heavy atom.